The molecule has 0 aromatic heterocycles. The van der Waals surface area contributed by atoms with Gasteiger partial charge in [-0.05, 0) is 11.8 Å². The summed E-state index contributed by atoms with van der Waals surface area (Å²) in [5.74, 6) is 1.92. The monoisotopic (exact) mass is 422 g/mol. The first-order valence-electron chi connectivity index (χ1n) is 14.7. The molecular weight excluding hydrogens is 360 g/mol. The highest BCUT2D eigenvalue weighted by atomic mass is 14.1. The van der Waals surface area contributed by atoms with E-state index in [1.54, 1.807) is 0 Å². The SMILES string of the molecule is CCCCCCCCCCCCCCCCCCC(C)CCCCCC(C)CCC. The molecule has 0 nitrogen and oxygen atoms in total. The second-order valence-electron chi connectivity index (χ2n) is 10.7. The average Bonchev–Trinajstić information content (AvgIpc) is 2.73. The second kappa shape index (κ2) is 25.3. The molecular formula is C30H62. The highest BCUT2D eigenvalue weighted by molar-refractivity contribution is 4.58. The largest absolute Gasteiger partial charge is 0.0654 e. The quantitative estimate of drug-likeness (QED) is 0.128. The molecule has 0 radical (unpaired) electrons. The summed E-state index contributed by atoms with van der Waals surface area (Å²) in [6.45, 7) is 9.55. The van der Waals surface area contributed by atoms with Crippen LogP contribution in [0.25, 0.3) is 0 Å². The van der Waals surface area contributed by atoms with Crippen molar-refractivity contribution in [1.29, 1.82) is 0 Å². The Kier molecular flexibility index (Phi) is 25.3. The molecule has 0 amide bonds. The van der Waals surface area contributed by atoms with Crippen LogP contribution >= 0.6 is 0 Å². The molecule has 0 saturated carbocycles. The molecule has 0 bridgehead atoms. The van der Waals surface area contributed by atoms with Gasteiger partial charge >= 0.3 is 0 Å². The number of hydrogen-bond donors (Lipinski definition) is 0. The van der Waals surface area contributed by atoms with E-state index in [1.165, 1.54) is 154 Å². The Labute approximate surface area is 193 Å². The zero-order chi connectivity index (χ0) is 22.1. The van der Waals surface area contributed by atoms with Gasteiger partial charge in [0.05, 0.1) is 0 Å². The van der Waals surface area contributed by atoms with Crippen LogP contribution in [0.2, 0.25) is 0 Å². The van der Waals surface area contributed by atoms with Crippen LogP contribution in [-0.4, -0.2) is 0 Å². The summed E-state index contributed by atoms with van der Waals surface area (Å²) in [5.41, 5.74) is 0. The minimum atomic E-state index is 0.956. The van der Waals surface area contributed by atoms with Crippen molar-refractivity contribution in [2.24, 2.45) is 11.8 Å². The molecule has 0 aliphatic carbocycles. The van der Waals surface area contributed by atoms with Crippen molar-refractivity contribution in [3.8, 4) is 0 Å². The van der Waals surface area contributed by atoms with Gasteiger partial charge in [-0.1, -0.05) is 182 Å². The van der Waals surface area contributed by atoms with Gasteiger partial charge in [-0.3, -0.25) is 0 Å². The summed E-state index contributed by atoms with van der Waals surface area (Å²) < 4.78 is 0. The van der Waals surface area contributed by atoms with Gasteiger partial charge < -0.3 is 0 Å². The van der Waals surface area contributed by atoms with E-state index < -0.39 is 0 Å². The molecule has 2 unspecified atom stereocenters. The zero-order valence-corrected chi connectivity index (χ0v) is 22.1. The Bertz CT molecular complexity index is 294. The summed E-state index contributed by atoms with van der Waals surface area (Å²) in [6.07, 6.45) is 35.2. The van der Waals surface area contributed by atoms with Crippen molar-refractivity contribution in [1.82, 2.24) is 0 Å². The van der Waals surface area contributed by atoms with Crippen LogP contribution in [0.5, 0.6) is 0 Å². The first kappa shape index (κ1) is 30.0. The molecule has 0 aliphatic rings. The number of hydrogen-bond acceptors (Lipinski definition) is 0. The van der Waals surface area contributed by atoms with E-state index in [4.69, 9.17) is 0 Å². The van der Waals surface area contributed by atoms with Gasteiger partial charge in [-0.25, -0.2) is 0 Å². The Morgan fingerprint density at radius 1 is 0.300 bits per heavy atom. The third kappa shape index (κ3) is 24.3. The Hall–Kier alpha value is 0. The van der Waals surface area contributed by atoms with Crippen LogP contribution in [0.4, 0.5) is 0 Å². The van der Waals surface area contributed by atoms with Crippen molar-refractivity contribution in [3.63, 3.8) is 0 Å². The van der Waals surface area contributed by atoms with Crippen molar-refractivity contribution in [3.05, 3.63) is 0 Å². The first-order chi connectivity index (χ1) is 14.7. The van der Waals surface area contributed by atoms with Crippen molar-refractivity contribution in [2.45, 2.75) is 182 Å². The molecule has 0 aromatic rings. The molecule has 2 atom stereocenters. The maximum Gasteiger partial charge on any atom is -0.0443 e. The van der Waals surface area contributed by atoms with Gasteiger partial charge in [-0.15, -0.1) is 0 Å². The van der Waals surface area contributed by atoms with Gasteiger partial charge in [0, 0.05) is 0 Å². The molecule has 0 spiro atoms. The highest BCUT2D eigenvalue weighted by Gasteiger charge is 2.04. The molecule has 182 valence electrons. The van der Waals surface area contributed by atoms with E-state index in [9.17, 15) is 0 Å². The lowest BCUT2D eigenvalue weighted by molar-refractivity contribution is 0.414. The first-order valence-corrected chi connectivity index (χ1v) is 14.7. The topological polar surface area (TPSA) is 0 Å². The highest BCUT2D eigenvalue weighted by Crippen LogP contribution is 2.20. The molecule has 0 saturated heterocycles. The van der Waals surface area contributed by atoms with Gasteiger partial charge in [0.2, 0.25) is 0 Å². The fourth-order valence-electron chi connectivity index (χ4n) is 4.98. The standard InChI is InChI=1S/C30H62/c1-5-7-8-9-10-11-12-13-14-15-16-17-18-19-20-22-27-30(4)28-24-21-23-26-29(3)25-6-2/h29-30H,5-28H2,1-4H3. The van der Waals surface area contributed by atoms with E-state index in [-0.39, 0.29) is 0 Å². The van der Waals surface area contributed by atoms with Crippen LogP contribution in [0, 0.1) is 11.8 Å². The van der Waals surface area contributed by atoms with Crippen LogP contribution in [0.15, 0.2) is 0 Å². The summed E-state index contributed by atoms with van der Waals surface area (Å²) in [4.78, 5) is 0. The fourth-order valence-corrected chi connectivity index (χ4v) is 4.98. The fraction of sp³-hybridized carbons (Fsp3) is 1.00. The van der Waals surface area contributed by atoms with E-state index in [2.05, 4.69) is 27.7 Å². The summed E-state index contributed by atoms with van der Waals surface area (Å²) >= 11 is 0. The maximum absolute atomic E-state index is 2.49. The third-order valence-electron chi connectivity index (χ3n) is 7.23. The van der Waals surface area contributed by atoms with Gasteiger partial charge in [0.25, 0.3) is 0 Å². The Morgan fingerprint density at radius 3 is 0.900 bits per heavy atom. The summed E-state index contributed by atoms with van der Waals surface area (Å²) in [7, 11) is 0. The molecule has 30 heavy (non-hydrogen) atoms. The molecule has 0 fully saturated rings. The molecule has 0 aromatic carbocycles. The summed E-state index contributed by atoms with van der Waals surface area (Å²) in [6, 6.07) is 0. The molecule has 0 rings (SSSR count). The van der Waals surface area contributed by atoms with Crippen LogP contribution in [-0.2, 0) is 0 Å². The van der Waals surface area contributed by atoms with Crippen LogP contribution < -0.4 is 0 Å². The Balaban J connectivity index is 3.16. The average molecular weight is 423 g/mol. The van der Waals surface area contributed by atoms with E-state index >= 15 is 0 Å². The predicted molar refractivity (Wildman–Crippen MR) is 140 cm³/mol. The van der Waals surface area contributed by atoms with Gasteiger partial charge in [0.15, 0.2) is 0 Å². The predicted octanol–water partition coefficient (Wildman–Crippen LogP) is 11.7. The van der Waals surface area contributed by atoms with E-state index in [1.807, 2.05) is 0 Å². The number of unbranched alkanes of at least 4 members (excludes halogenated alkanes) is 17. The van der Waals surface area contributed by atoms with Crippen molar-refractivity contribution >= 4 is 0 Å². The molecule has 0 heterocycles. The minimum absolute atomic E-state index is 0.956. The lowest BCUT2D eigenvalue weighted by atomic mass is 9.94. The normalized spacial score (nSPS) is 13.6. The Morgan fingerprint density at radius 2 is 0.567 bits per heavy atom. The molecule has 0 aliphatic heterocycles. The zero-order valence-electron chi connectivity index (χ0n) is 22.1. The lowest BCUT2D eigenvalue weighted by Gasteiger charge is -2.12. The third-order valence-corrected chi connectivity index (χ3v) is 7.23. The summed E-state index contributed by atoms with van der Waals surface area (Å²) in [5, 5.41) is 0. The van der Waals surface area contributed by atoms with E-state index in [0.717, 1.165) is 11.8 Å². The van der Waals surface area contributed by atoms with E-state index in [0.29, 0.717) is 0 Å². The van der Waals surface area contributed by atoms with Gasteiger partial charge in [-0.2, -0.15) is 0 Å². The maximum atomic E-state index is 2.49. The smallest absolute Gasteiger partial charge is 0.0443 e. The van der Waals surface area contributed by atoms with Gasteiger partial charge in [0.1, 0.15) is 0 Å². The second-order valence-corrected chi connectivity index (χ2v) is 10.7. The van der Waals surface area contributed by atoms with Crippen molar-refractivity contribution < 1.29 is 0 Å². The van der Waals surface area contributed by atoms with Crippen LogP contribution in [0.1, 0.15) is 182 Å². The van der Waals surface area contributed by atoms with Crippen LogP contribution in [0.3, 0.4) is 0 Å². The minimum Gasteiger partial charge on any atom is -0.0654 e. The molecule has 0 heteroatoms. The molecule has 0 N–H and O–H groups in total. The lowest BCUT2D eigenvalue weighted by Crippen LogP contribution is -1.97. The number of rotatable bonds is 25. The van der Waals surface area contributed by atoms with Crippen molar-refractivity contribution in [2.75, 3.05) is 0 Å².